The molecule has 2 aromatic carbocycles. The molecule has 0 unspecified atom stereocenters. The van der Waals surface area contributed by atoms with Gasteiger partial charge in [-0.05, 0) is 36.2 Å². The van der Waals surface area contributed by atoms with Crippen molar-refractivity contribution in [1.29, 1.82) is 0 Å². The van der Waals surface area contributed by atoms with Crippen molar-refractivity contribution >= 4 is 5.82 Å². The molecule has 116 valence electrons. The molecule has 0 saturated carbocycles. The van der Waals surface area contributed by atoms with Crippen LogP contribution in [0.25, 0.3) is 11.3 Å². The molecule has 0 aliphatic carbocycles. The quantitative estimate of drug-likeness (QED) is 0.772. The van der Waals surface area contributed by atoms with E-state index in [-0.39, 0.29) is 0 Å². The first-order valence-electron chi connectivity index (χ1n) is 7.53. The van der Waals surface area contributed by atoms with E-state index in [0.29, 0.717) is 6.54 Å². The summed E-state index contributed by atoms with van der Waals surface area (Å²) in [6, 6.07) is 20.1. The highest BCUT2D eigenvalue weighted by Gasteiger charge is 2.02. The lowest BCUT2D eigenvalue weighted by atomic mass is 10.1. The fourth-order valence-corrected chi connectivity index (χ4v) is 2.43. The number of aromatic nitrogens is 2. The smallest absolute Gasteiger partial charge is 0.148 e. The van der Waals surface area contributed by atoms with Crippen LogP contribution < -0.4 is 10.1 Å². The molecule has 0 saturated heterocycles. The number of aryl methyl sites for hydroxylation is 1. The van der Waals surface area contributed by atoms with Crippen molar-refractivity contribution in [3.05, 3.63) is 71.8 Å². The molecule has 1 aromatic heterocycles. The lowest BCUT2D eigenvalue weighted by Gasteiger charge is -2.09. The number of benzene rings is 2. The Kier molecular flexibility index (Phi) is 4.52. The number of ether oxygens (including phenoxy) is 1. The highest BCUT2D eigenvalue weighted by atomic mass is 16.5. The van der Waals surface area contributed by atoms with Crippen molar-refractivity contribution in [2.24, 2.45) is 0 Å². The molecule has 0 aliphatic rings. The largest absolute Gasteiger partial charge is 0.496 e. The molecule has 1 N–H and O–H groups in total. The number of hydrogen-bond acceptors (Lipinski definition) is 4. The molecule has 0 fully saturated rings. The van der Waals surface area contributed by atoms with Crippen LogP contribution in [0.1, 0.15) is 11.1 Å². The van der Waals surface area contributed by atoms with Crippen LogP contribution in [-0.2, 0) is 6.54 Å². The van der Waals surface area contributed by atoms with Gasteiger partial charge in [-0.15, -0.1) is 10.2 Å². The van der Waals surface area contributed by atoms with Crippen LogP contribution >= 0.6 is 0 Å². The minimum absolute atomic E-state index is 0.699. The molecule has 1 heterocycles. The van der Waals surface area contributed by atoms with E-state index < -0.39 is 0 Å². The van der Waals surface area contributed by atoms with Crippen molar-refractivity contribution in [2.45, 2.75) is 13.5 Å². The molecular formula is C19H19N3O. The van der Waals surface area contributed by atoms with Gasteiger partial charge in [-0.1, -0.05) is 42.5 Å². The summed E-state index contributed by atoms with van der Waals surface area (Å²) in [6.07, 6.45) is 0. The van der Waals surface area contributed by atoms with Gasteiger partial charge in [-0.25, -0.2) is 0 Å². The lowest BCUT2D eigenvalue weighted by Crippen LogP contribution is -2.03. The normalized spacial score (nSPS) is 10.3. The fraction of sp³-hybridized carbons (Fsp3) is 0.158. The summed E-state index contributed by atoms with van der Waals surface area (Å²) in [4.78, 5) is 0. The fourth-order valence-electron chi connectivity index (χ4n) is 2.43. The van der Waals surface area contributed by atoms with Gasteiger partial charge < -0.3 is 10.1 Å². The first-order valence-corrected chi connectivity index (χ1v) is 7.53. The Bertz CT molecular complexity index is 770. The number of nitrogens with zero attached hydrogens (tertiary/aromatic N) is 2. The molecule has 0 radical (unpaired) electrons. The van der Waals surface area contributed by atoms with Gasteiger partial charge in [0.2, 0.25) is 0 Å². The summed E-state index contributed by atoms with van der Waals surface area (Å²) in [5.74, 6) is 1.67. The Labute approximate surface area is 136 Å². The average Bonchev–Trinajstić information content (AvgIpc) is 2.61. The third-order valence-corrected chi connectivity index (χ3v) is 3.67. The molecule has 23 heavy (non-hydrogen) atoms. The monoisotopic (exact) mass is 305 g/mol. The summed E-state index contributed by atoms with van der Waals surface area (Å²) in [5.41, 5.74) is 4.24. The average molecular weight is 305 g/mol. The van der Waals surface area contributed by atoms with Crippen LogP contribution in [0.15, 0.2) is 60.7 Å². The van der Waals surface area contributed by atoms with Gasteiger partial charge in [0.15, 0.2) is 0 Å². The van der Waals surface area contributed by atoms with Crippen molar-refractivity contribution in [3.63, 3.8) is 0 Å². The second-order valence-corrected chi connectivity index (χ2v) is 5.33. The molecule has 0 bridgehead atoms. The molecule has 3 aromatic rings. The molecule has 0 spiro atoms. The zero-order chi connectivity index (χ0) is 16.1. The van der Waals surface area contributed by atoms with Crippen LogP contribution in [0.3, 0.4) is 0 Å². The standard InChI is InChI=1S/C19H19N3O/c1-14-12-15(8-10-18(14)23-2)13-20-19-11-9-17(21-22-19)16-6-4-3-5-7-16/h3-12H,13H2,1-2H3,(H,20,22). The van der Waals surface area contributed by atoms with Crippen molar-refractivity contribution in [1.82, 2.24) is 10.2 Å². The van der Waals surface area contributed by atoms with Gasteiger partial charge in [0.1, 0.15) is 11.6 Å². The topological polar surface area (TPSA) is 47.0 Å². The van der Waals surface area contributed by atoms with E-state index in [1.54, 1.807) is 7.11 Å². The summed E-state index contributed by atoms with van der Waals surface area (Å²) in [6.45, 7) is 2.74. The summed E-state index contributed by atoms with van der Waals surface area (Å²) in [5, 5.41) is 11.8. The highest BCUT2D eigenvalue weighted by Crippen LogP contribution is 2.20. The van der Waals surface area contributed by atoms with Gasteiger partial charge >= 0.3 is 0 Å². The summed E-state index contributed by atoms with van der Waals surface area (Å²) < 4.78 is 5.28. The minimum Gasteiger partial charge on any atom is -0.496 e. The second-order valence-electron chi connectivity index (χ2n) is 5.33. The number of nitrogens with one attached hydrogen (secondary N) is 1. The zero-order valence-electron chi connectivity index (χ0n) is 13.3. The van der Waals surface area contributed by atoms with Crippen molar-refractivity contribution in [2.75, 3.05) is 12.4 Å². The number of methoxy groups -OCH3 is 1. The van der Waals surface area contributed by atoms with Gasteiger partial charge in [-0.2, -0.15) is 0 Å². The van der Waals surface area contributed by atoms with E-state index in [1.807, 2.05) is 61.5 Å². The van der Waals surface area contributed by atoms with E-state index in [4.69, 9.17) is 4.74 Å². The maximum atomic E-state index is 5.28. The van der Waals surface area contributed by atoms with Gasteiger partial charge in [0.25, 0.3) is 0 Å². The predicted octanol–water partition coefficient (Wildman–Crippen LogP) is 4.07. The molecule has 0 aliphatic heterocycles. The number of rotatable bonds is 5. The third kappa shape index (κ3) is 3.66. The van der Waals surface area contributed by atoms with Gasteiger partial charge in [0, 0.05) is 12.1 Å². The molecule has 4 nitrogen and oxygen atoms in total. The van der Waals surface area contributed by atoms with Crippen LogP contribution in [0.5, 0.6) is 5.75 Å². The van der Waals surface area contributed by atoms with Crippen LogP contribution in [-0.4, -0.2) is 17.3 Å². The first-order chi connectivity index (χ1) is 11.3. The van der Waals surface area contributed by atoms with Gasteiger partial charge in [-0.3, -0.25) is 0 Å². The Morgan fingerprint density at radius 2 is 1.78 bits per heavy atom. The third-order valence-electron chi connectivity index (χ3n) is 3.67. The molecule has 0 amide bonds. The predicted molar refractivity (Wildman–Crippen MR) is 92.5 cm³/mol. The Morgan fingerprint density at radius 1 is 0.957 bits per heavy atom. The highest BCUT2D eigenvalue weighted by molar-refractivity contribution is 5.59. The molecule has 0 atom stereocenters. The van der Waals surface area contributed by atoms with E-state index in [9.17, 15) is 0 Å². The maximum absolute atomic E-state index is 5.28. The summed E-state index contributed by atoms with van der Waals surface area (Å²) in [7, 11) is 1.68. The lowest BCUT2D eigenvalue weighted by molar-refractivity contribution is 0.411. The van der Waals surface area contributed by atoms with E-state index in [0.717, 1.165) is 28.4 Å². The Morgan fingerprint density at radius 3 is 2.43 bits per heavy atom. The van der Waals surface area contributed by atoms with E-state index in [2.05, 4.69) is 21.6 Å². The Balaban J connectivity index is 1.66. The van der Waals surface area contributed by atoms with E-state index >= 15 is 0 Å². The van der Waals surface area contributed by atoms with Crippen LogP contribution in [0.2, 0.25) is 0 Å². The van der Waals surface area contributed by atoms with Crippen molar-refractivity contribution in [3.8, 4) is 17.0 Å². The van der Waals surface area contributed by atoms with Gasteiger partial charge in [0.05, 0.1) is 12.8 Å². The minimum atomic E-state index is 0.699. The maximum Gasteiger partial charge on any atom is 0.148 e. The number of hydrogen-bond donors (Lipinski definition) is 1. The zero-order valence-corrected chi connectivity index (χ0v) is 13.3. The molecular weight excluding hydrogens is 286 g/mol. The molecule has 3 rings (SSSR count). The number of anilines is 1. The van der Waals surface area contributed by atoms with E-state index in [1.165, 1.54) is 5.56 Å². The van der Waals surface area contributed by atoms with Crippen molar-refractivity contribution < 1.29 is 4.74 Å². The first kappa shape index (κ1) is 15.0. The van der Waals surface area contributed by atoms with Crippen LogP contribution in [0, 0.1) is 6.92 Å². The second kappa shape index (κ2) is 6.92. The Hall–Kier alpha value is -2.88. The SMILES string of the molecule is COc1ccc(CNc2ccc(-c3ccccc3)nn2)cc1C. The molecule has 4 heteroatoms. The summed E-state index contributed by atoms with van der Waals surface area (Å²) >= 11 is 0. The van der Waals surface area contributed by atoms with Crippen LogP contribution in [0.4, 0.5) is 5.82 Å².